The summed E-state index contributed by atoms with van der Waals surface area (Å²) >= 11 is 0. The summed E-state index contributed by atoms with van der Waals surface area (Å²) in [6.07, 6.45) is 2.87. The van der Waals surface area contributed by atoms with Crippen molar-refractivity contribution in [3.8, 4) is 11.8 Å². The first-order valence-electron chi connectivity index (χ1n) is 5.72. The van der Waals surface area contributed by atoms with Gasteiger partial charge in [0.1, 0.15) is 11.8 Å². The minimum atomic E-state index is 0.0898. The predicted molar refractivity (Wildman–Crippen MR) is 68.8 cm³/mol. The molecule has 0 aliphatic heterocycles. The zero-order valence-corrected chi connectivity index (χ0v) is 10.1. The van der Waals surface area contributed by atoms with E-state index in [1.165, 1.54) is 5.56 Å². The first-order chi connectivity index (χ1) is 8.27. The van der Waals surface area contributed by atoms with E-state index in [0.717, 1.165) is 18.7 Å². The normalized spacial score (nSPS) is 11.5. The third-order valence-electron chi connectivity index (χ3n) is 2.48. The highest BCUT2D eigenvalue weighted by molar-refractivity contribution is 5.29. The number of ether oxygens (including phenoxy) is 1. The van der Waals surface area contributed by atoms with Crippen LogP contribution < -0.4 is 10.1 Å². The summed E-state index contributed by atoms with van der Waals surface area (Å²) in [6, 6.07) is 10.0. The minimum Gasteiger partial charge on any atom is -0.479 e. The van der Waals surface area contributed by atoms with E-state index in [2.05, 4.69) is 18.8 Å². The van der Waals surface area contributed by atoms with E-state index in [0.29, 0.717) is 6.04 Å². The molecule has 0 spiro atoms. The van der Waals surface area contributed by atoms with Gasteiger partial charge < -0.3 is 10.1 Å². The van der Waals surface area contributed by atoms with Crippen molar-refractivity contribution in [1.82, 2.24) is 5.32 Å². The molecular formula is C14H18N2O. The van der Waals surface area contributed by atoms with Gasteiger partial charge in [0.15, 0.2) is 6.61 Å². The fraction of sp³-hybridized carbons (Fsp3) is 0.357. The largest absolute Gasteiger partial charge is 0.479 e. The Hall–Kier alpha value is -1.79. The number of hydrogen-bond acceptors (Lipinski definition) is 3. The first kappa shape index (κ1) is 13.3. The molecule has 1 rings (SSSR count). The van der Waals surface area contributed by atoms with Crippen molar-refractivity contribution in [3.63, 3.8) is 0 Å². The van der Waals surface area contributed by atoms with Crippen molar-refractivity contribution < 1.29 is 4.74 Å². The Labute approximate surface area is 103 Å². The molecule has 1 atom stereocenters. The van der Waals surface area contributed by atoms with Crippen LogP contribution in [0, 0.1) is 11.3 Å². The summed E-state index contributed by atoms with van der Waals surface area (Å²) in [5.41, 5.74) is 1.21. The van der Waals surface area contributed by atoms with Gasteiger partial charge in [-0.3, -0.25) is 0 Å². The Kier molecular flexibility index (Phi) is 5.84. The molecule has 0 heterocycles. The molecule has 0 fully saturated rings. The molecule has 1 aromatic carbocycles. The van der Waals surface area contributed by atoms with Gasteiger partial charge >= 0.3 is 0 Å². The Morgan fingerprint density at radius 2 is 2.18 bits per heavy atom. The van der Waals surface area contributed by atoms with Crippen molar-refractivity contribution in [2.75, 3.05) is 13.2 Å². The van der Waals surface area contributed by atoms with Crippen molar-refractivity contribution in [2.45, 2.75) is 19.4 Å². The second-order valence-electron chi connectivity index (χ2n) is 3.77. The molecule has 1 unspecified atom stereocenters. The highest BCUT2D eigenvalue weighted by atomic mass is 16.5. The van der Waals surface area contributed by atoms with Crippen LogP contribution in [0.2, 0.25) is 0 Å². The second-order valence-corrected chi connectivity index (χ2v) is 3.77. The SMILES string of the molecule is C=CCCNC(C)c1ccc(OCC#N)cc1. The van der Waals surface area contributed by atoms with Crippen LogP contribution in [0.4, 0.5) is 0 Å². The molecule has 0 amide bonds. The van der Waals surface area contributed by atoms with Crippen LogP contribution >= 0.6 is 0 Å². The quantitative estimate of drug-likeness (QED) is 0.578. The van der Waals surface area contributed by atoms with Gasteiger partial charge in [-0.05, 0) is 37.6 Å². The molecule has 0 bridgehead atoms. The molecule has 1 aromatic rings. The fourth-order valence-corrected chi connectivity index (χ4v) is 1.49. The maximum atomic E-state index is 8.40. The molecule has 0 saturated heterocycles. The number of benzene rings is 1. The summed E-state index contributed by atoms with van der Waals surface area (Å²) in [5.74, 6) is 0.730. The van der Waals surface area contributed by atoms with Gasteiger partial charge in [-0.2, -0.15) is 5.26 Å². The Balaban J connectivity index is 2.48. The summed E-state index contributed by atoms with van der Waals surface area (Å²) in [5, 5.41) is 11.8. The lowest BCUT2D eigenvalue weighted by atomic mass is 10.1. The number of nitrogens with one attached hydrogen (secondary N) is 1. The number of nitriles is 1. The zero-order chi connectivity index (χ0) is 12.5. The summed E-state index contributed by atoms with van der Waals surface area (Å²) in [6.45, 7) is 6.82. The summed E-state index contributed by atoms with van der Waals surface area (Å²) in [7, 11) is 0. The van der Waals surface area contributed by atoms with Gasteiger partial charge in [-0.1, -0.05) is 18.2 Å². The van der Waals surface area contributed by atoms with E-state index in [9.17, 15) is 0 Å². The van der Waals surface area contributed by atoms with Crippen LogP contribution in [0.15, 0.2) is 36.9 Å². The van der Waals surface area contributed by atoms with Crippen LogP contribution in [0.5, 0.6) is 5.75 Å². The molecule has 0 radical (unpaired) electrons. The maximum Gasteiger partial charge on any atom is 0.174 e. The molecule has 0 aliphatic rings. The molecule has 0 aromatic heterocycles. The van der Waals surface area contributed by atoms with Crippen LogP contribution in [0.3, 0.4) is 0 Å². The van der Waals surface area contributed by atoms with Gasteiger partial charge in [0.25, 0.3) is 0 Å². The van der Waals surface area contributed by atoms with Crippen molar-refractivity contribution in [2.24, 2.45) is 0 Å². The van der Waals surface area contributed by atoms with E-state index < -0.39 is 0 Å². The summed E-state index contributed by atoms with van der Waals surface area (Å²) < 4.78 is 5.19. The molecule has 17 heavy (non-hydrogen) atoms. The predicted octanol–water partition coefficient (Wildman–Crippen LogP) is 2.82. The van der Waals surface area contributed by atoms with Gasteiger partial charge in [-0.25, -0.2) is 0 Å². The van der Waals surface area contributed by atoms with E-state index in [4.69, 9.17) is 10.00 Å². The molecule has 90 valence electrons. The van der Waals surface area contributed by atoms with Crippen LogP contribution in [0.1, 0.15) is 24.9 Å². The third-order valence-corrected chi connectivity index (χ3v) is 2.48. The minimum absolute atomic E-state index is 0.0898. The van der Waals surface area contributed by atoms with Gasteiger partial charge in [-0.15, -0.1) is 6.58 Å². The van der Waals surface area contributed by atoms with Gasteiger partial charge in [0, 0.05) is 6.04 Å². The third kappa shape index (κ3) is 4.71. The van der Waals surface area contributed by atoms with E-state index >= 15 is 0 Å². The average Bonchev–Trinajstić information content (AvgIpc) is 2.37. The molecule has 1 N–H and O–H groups in total. The Morgan fingerprint density at radius 3 is 2.76 bits per heavy atom. The average molecular weight is 230 g/mol. The fourth-order valence-electron chi connectivity index (χ4n) is 1.49. The molecule has 0 saturated carbocycles. The number of rotatable bonds is 7. The molecular weight excluding hydrogens is 212 g/mol. The van der Waals surface area contributed by atoms with E-state index in [-0.39, 0.29) is 6.61 Å². The van der Waals surface area contributed by atoms with Crippen LogP contribution in [-0.2, 0) is 0 Å². The smallest absolute Gasteiger partial charge is 0.174 e. The van der Waals surface area contributed by atoms with E-state index in [1.807, 2.05) is 36.4 Å². The van der Waals surface area contributed by atoms with Crippen LogP contribution in [0.25, 0.3) is 0 Å². The van der Waals surface area contributed by atoms with Gasteiger partial charge in [0.2, 0.25) is 0 Å². The van der Waals surface area contributed by atoms with Crippen molar-refractivity contribution in [3.05, 3.63) is 42.5 Å². The van der Waals surface area contributed by atoms with Crippen LogP contribution in [-0.4, -0.2) is 13.2 Å². The standard InChI is InChI=1S/C14H18N2O/c1-3-4-10-16-12(2)13-5-7-14(8-6-13)17-11-9-15/h3,5-8,12,16H,1,4,10-11H2,2H3. The lowest BCUT2D eigenvalue weighted by Gasteiger charge is -2.14. The Morgan fingerprint density at radius 1 is 1.47 bits per heavy atom. The van der Waals surface area contributed by atoms with E-state index in [1.54, 1.807) is 0 Å². The number of hydrogen-bond donors (Lipinski definition) is 1. The molecule has 3 nitrogen and oxygen atoms in total. The lowest BCUT2D eigenvalue weighted by molar-refractivity contribution is 0.368. The maximum absolute atomic E-state index is 8.40. The second kappa shape index (κ2) is 7.48. The zero-order valence-electron chi connectivity index (χ0n) is 10.1. The highest BCUT2D eigenvalue weighted by Crippen LogP contribution is 2.17. The lowest BCUT2D eigenvalue weighted by Crippen LogP contribution is -2.19. The monoisotopic (exact) mass is 230 g/mol. The topological polar surface area (TPSA) is 45.0 Å². The highest BCUT2D eigenvalue weighted by Gasteiger charge is 2.03. The van der Waals surface area contributed by atoms with Crippen molar-refractivity contribution in [1.29, 1.82) is 5.26 Å². The van der Waals surface area contributed by atoms with Gasteiger partial charge in [0.05, 0.1) is 0 Å². The Bertz CT molecular complexity index is 378. The van der Waals surface area contributed by atoms with Crippen molar-refractivity contribution >= 4 is 0 Å². The molecule has 3 heteroatoms. The summed E-state index contributed by atoms with van der Waals surface area (Å²) in [4.78, 5) is 0. The number of nitrogens with zero attached hydrogens (tertiary/aromatic N) is 1. The molecule has 0 aliphatic carbocycles. The first-order valence-corrected chi connectivity index (χ1v) is 5.72.